The third-order valence-corrected chi connectivity index (χ3v) is 3.18. The summed E-state index contributed by atoms with van der Waals surface area (Å²) in [7, 11) is 0. The zero-order valence-electron chi connectivity index (χ0n) is 11.4. The molecular weight excluding hydrogens is 272 g/mol. The van der Waals surface area contributed by atoms with Crippen LogP contribution in [-0.4, -0.2) is 24.5 Å². The van der Waals surface area contributed by atoms with Crippen LogP contribution in [0.4, 0.5) is 11.4 Å². The number of hydrogen-bond donors (Lipinski definition) is 1. The largest absolute Gasteiger partial charge is 0.398 e. The molecule has 21 heavy (non-hydrogen) atoms. The molecule has 2 N–H and O–H groups in total. The Morgan fingerprint density at radius 2 is 2.00 bits per heavy atom. The number of benzene rings is 1. The number of hydrogen-bond acceptors (Lipinski definition) is 6. The average molecular weight is 284 g/mol. The van der Waals surface area contributed by atoms with Crippen molar-refractivity contribution in [2.75, 3.05) is 5.73 Å². The molecule has 0 aliphatic rings. The van der Waals surface area contributed by atoms with Crippen molar-refractivity contribution in [3.8, 4) is 11.4 Å². The van der Waals surface area contributed by atoms with Gasteiger partial charge in [-0.25, -0.2) is 4.98 Å². The summed E-state index contributed by atoms with van der Waals surface area (Å²) in [6.45, 7) is 3.68. The molecule has 0 spiro atoms. The maximum atomic E-state index is 10.9. The topological polar surface area (TPSA) is 112 Å². The number of nitrogens with two attached hydrogens (primary N) is 1. The second-order valence-corrected chi connectivity index (χ2v) is 4.69. The van der Waals surface area contributed by atoms with Gasteiger partial charge in [-0.1, -0.05) is 0 Å². The molecule has 106 valence electrons. The lowest BCUT2D eigenvalue weighted by Gasteiger charge is -2.06. The highest BCUT2D eigenvalue weighted by molar-refractivity contribution is 5.75. The van der Waals surface area contributed by atoms with Crippen molar-refractivity contribution < 1.29 is 4.92 Å². The number of fused-ring (bicyclic) bond motifs is 1. The van der Waals surface area contributed by atoms with Gasteiger partial charge in [0.05, 0.1) is 4.92 Å². The smallest absolute Gasteiger partial charge is 0.270 e. The van der Waals surface area contributed by atoms with Gasteiger partial charge in [0.2, 0.25) is 0 Å². The van der Waals surface area contributed by atoms with Crippen LogP contribution in [0.3, 0.4) is 0 Å². The third kappa shape index (κ3) is 2.06. The van der Waals surface area contributed by atoms with Crippen LogP contribution < -0.4 is 5.73 Å². The summed E-state index contributed by atoms with van der Waals surface area (Å²) in [5.41, 5.74) is 8.19. The van der Waals surface area contributed by atoms with Gasteiger partial charge >= 0.3 is 0 Å². The lowest BCUT2D eigenvalue weighted by atomic mass is 10.1. The number of nitro groups is 1. The van der Waals surface area contributed by atoms with Crippen LogP contribution in [0.1, 0.15) is 11.5 Å². The van der Waals surface area contributed by atoms with Crippen LogP contribution in [0, 0.1) is 24.0 Å². The van der Waals surface area contributed by atoms with E-state index in [1.165, 1.54) is 18.2 Å². The Hall–Kier alpha value is -3.03. The molecule has 0 aliphatic heterocycles. The van der Waals surface area contributed by atoms with Gasteiger partial charge in [-0.3, -0.25) is 14.5 Å². The van der Waals surface area contributed by atoms with Gasteiger partial charge in [0.25, 0.3) is 5.69 Å². The monoisotopic (exact) mass is 284 g/mol. The Bertz CT molecular complexity index is 870. The summed E-state index contributed by atoms with van der Waals surface area (Å²) < 4.78 is 1.72. The molecule has 8 heteroatoms. The van der Waals surface area contributed by atoms with Gasteiger partial charge < -0.3 is 5.73 Å². The van der Waals surface area contributed by atoms with Gasteiger partial charge in [0.15, 0.2) is 11.5 Å². The minimum atomic E-state index is -0.471. The minimum absolute atomic E-state index is 0.0475. The van der Waals surface area contributed by atoms with E-state index in [2.05, 4.69) is 15.2 Å². The first-order valence-corrected chi connectivity index (χ1v) is 6.21. The van der Waals surface area contributed by atoms with E-state index >= 15 is 0 Å². The van der Waals surface area contributed by atoms with E-state index in [0.717, 1.165) is 5.69 Å². The molecule has 0 atom stereocenters. The number of nitro benzene ring substituents is 1. The predicted molar refractivity (Wildman–Crippen MR) is 76.8 cm³/mol. The molecule has 0 saturated carbocycles. The van der Waals surface area contributed by atoms with E-state index < -0.39 is 4.92 Å². The molecule has 0 radical (unpaired) electrons. The molecule has 0 unspecified atom stereocenters. The van der Waals surface area contributed by atoms with E-state index in [1.807, 2.05) is 13.8 Å². The first-order chi connectivity index (χ1) is 9.97. The number of anilines is 1. The van der Waals surface area contributed by atoms with E-state index in [4.69, 9.17) is 5.73 Å². The van der Waals surface area contributed by atoms with Gasteiger partial charge in [-0.2, -0.15) is 0 Å². The van der Waals surface area contributed by atoms with Gasteiger partial charge in [-0.15, -0.1) is 10.2 Å². The first kappa shape index (κ1) is 13.0. The number of nitrogens with zero attached hydrogens (tertiary/aromatic N) is 5. The molecular formula is C13H12N6O2. The molecule has 1 aromatic carbocycles. The number of nitrogen functional groups attached to an aromatic ring is 1. The van der Waals surface area contributed by atoms with Gasteiger partial charge in [-0.05, 0) is 19.9 Å². The van der Waals surface area contributed by atoms with E-state index in [1.54, 1.807) is 10.5 Å². The predicted octanol–water partition coefficient (Wildman–Crippen LogP) is 1.90. The average Bonchev–Trinajstić information content (AvgIpc) is 2.82. The summed E-state index contributed by atoms with van der Waals surface area (Å²) in [4.78, 5) is 14.8. The zero-order valence-corrected chi connectivity index (χ0v) is 11.4. The Balaban J connectivity index is 2.30. The van der Waals surface area contributed by atoms with Crippen LogP contribution >= 0.6 is 0 Å². The fourth-order valence-electron chi connectivity index (χ4n) is 2.26. The fraction of sp³-hybridized carbons (Fsp3) is 0.154. The highest BCUT2D eigenvalue weighted by Crippen LogP contribution is 2.29. The van der Waals surface area contributed by atoms with Crippen molar-refractivity contribution in [1.82, 2.24) is 19.6 Å². The van der Waals surface area contributed by atoms with Crippen molar-refractivity contribution >= 4 is 17.0 Å². The molecule has 0 fully saturated rings. The SMILES string of the molecule is Cc1cc2nnc(-c3cc([N+](=O)[O-])ccc3N)n2c(C)n1. The Kier molecular flexibility index (Phi) is 2.79. The standard InChI is InChI=1S/C13H12N6O2/c1-7-5-12-16-17-13(18(12)8(2)15-7)10-6-9(19(20)21)3-4-11(10)14/h3-6H,14H2,1-2H3. The molecule has 8 nitrogen and oxygen atoms in total. The number of aromatic nitrogens is 4. The summed E-state index contributed by atoms with van der Waals surface area (Å²) in [6, 6.07) is 6.03. The molecule has 0 bridgehead atoms. The number of non-ortho nitro benzene ring substituents is 1. The highest BCUT2D eigenvalue weighted by atomic mass is 16.6. The second-order valence-electron chi connectivity index (χ2n) is 4.69. The van der Waals surface area contributed by atoms with E-state index in [-0.39, 0.29) is 5.69 Å². The fourth-order valence-corrected chi connectivity index (χ4v) is 2.26. The maximum Gasteiger partial charge on any atom is 0.270 e. The minimum Gasteiger partial charge on any atom is -0.398 e. The number of rotatable bonds is 2. The van der Waals surface area contributed by atoms with Crippen LogP contribution in [0.25, 0.3) is 17.0 Å². The molecule has 2 aromatic heterocycles. The van der Waals surface area contributed by atoms with Crippen molar-refractivity contribution in [3.63, 3.8) is 0 Å². The Morgan fingerprint density at radius 1 is 1.24 bits per heavy atom. The summed E-state index contributed by atoms with van der Waals surface area (Å²) in [5, 5.41) is 19.1. The third-order valence-electron chi connectivity index (χ3n) is 3.18. The molecule has 0 aliphatic carbocycles. The van der Waals surface area contributed by atoms with Crippen LogP contribution in [-0.2, 0) is 0 Å². The van der Waals surface area contributed by atoms with Crippen molar-refractivity contribution in [2.45, 2.75) is 13.8 Å². The zero-order chi connectivity index (χ0) is 15.1. The highest BCUT2D eigenvalue weighted by Gasteiger charge is 2.17. The second kappa shape index (κ2) is 4.51. The van der Waals surface area contributed by atoms with E-state index in [0.29, 0.717) is 28.5 Å². The molecule has 3 rings (SSSR count). The van der Waals surface area contributed by atoms with Crippen LogP contribution in [0.2, 0.25) is 0 Å². The van der Waals surface area contributed by atoms with Crippen molar-refractivity contribution in [3.05, 3.63) is 45.9 Å². The maximum absolute atomic E-state index is 10.9. The molecule has 2 heterocycles. The van der Waals surface area contributed by atoms with Crippen molar-refractivity contribution in [2.24, 2.45) is 0 Å². The van der Waals surface area contributed by atoms with Gasteiger partial charge in [0.1, 0.15) is 5.82 Å². The lowest BCUT2D eigenvalue weighted by molar-refractivity contribution is -0.384. The van der Waals surface area contributed by atoms with E-state index in [9.17, 15) is 10.1 Å². The lowest BCUT2D eigenvalue weighted by Crippen LogP contribution is -2.01. The normalized spacial score (nSPS) is 11.0. The Labute approximate surface area is 119 Å². The summed E-state index contributed by atoms with van der Waals surface area (Å²) in [6.07, 6.45) is 0. The van der Waals surface area contributed by atoms with Gasteiger partial charge in [0, 0.05) is 35.1 Å². The van der Waals surface area contributed by atoms with Crippen molar-refractivity contribution in [1.29, 1.82) is 0 Å². The Morgan fingerprint density at radius 3 is 2.71 bits per heavy atom. The first-order valence-electron chi connectivity index (χ1n) is 6.21. The van der Waals surface area contributed by atoms with Crippen LogP contribution in [0.15, 0.2) is 24.3 Å². The van der Waals surface area contributed by atoms with Crippen LogP contribution in [0.5, 0.6) is 0 Å². The molecule has 3 aromatic rings. The summed E-state index contributed by atoms with van der Waals surface area (Å²) in [5.74, 6) is 1.13. The quantitative estimate of drug-likeness (QED) is 0.437. The summed E-state index contributed by atoms with van der Waals surface area (Å²) >= 11 is 0. The molecule has 0 amide bonds. The number of aryl methyl sites for hydroxylation is 2. The molecule has 0 saturated heterocycles.